The average Bonchev–Trinajstić information content (AvgIpc) is 3.22. The van der Waals surface area contributed by atoms with Crippen LogP contribution >= 0.6 is 0 Å². The minimum absolute atomic E-state index is 0.0534. The molecule has 1 amide bonds. The van der Waals surface area contributed by atoms with Crippen molar-refractivity contribution in [3.8, 4) is 17.6 Å². The highest BCUT2D eigenvalue weighted by atomic mass is 32.2. The highest BCUT2D eigenvalue weighted by molar-refractivity contribution is 7.91. The number of alkyl halides is 3. The first-order chi connectivity index (χ1) is 18.5. The van der Waals surface area contributed by atoms with Crippen LogP contribution in [0.15, 0.2) is 12.3 Å². The average molecular weight is 584 g/mol. The predicted octanol–water partition coefficient (Wildman–Crippen LogP) is 4.50. The number of amides is 1. The van der Waals surface area contributed by atoms with Crippen molar-refractivity contribution in [1.82, 2.24) is 19.9 Å². The number of carbonyl (C=O) groups is 1. The summed E-state index contributed by atoms with van der Waals surface area (Å²) in [6.45, 7) is 5.83. The number of aromatic nitrogens is 3. The third kappa shape index (κ3) is 6.43. The molecule has 2 aromatic rings. The first kappa shape index (κ1) is 31.4. The SMILES string of the molecule is CCc1nc(C(=O)NC[C@]2(C#N)CC[C@@H](S(C)(=O)=O)CC2)c(C)n1-c1ncc(CC(C)(C)C(F)(F)F)cc1OC. The van der Waals surface area contributed by atoms with Gasteiger partial charge in [-0.15, -0.1) is 0 Å². The summed E-state index contributed by atoms with van der Waals surface area (Å²) in [5, 5.41) is 12.2. The molecule has 0 aliphatic heterocycles. The molecule has 0 aromatic carbocycles. The quantitative estimate of drug-likeness (QED) is 0.460. The van der Waals surface area contributed by atoms with Gasteiger partial charge in [-0.25, -0.2) is 18.4 Å². The van der Waals surface area contributed by atoms with Crippen molar-refractivity contribution < 1.29 is 31.1 Å². The zero-order valence-corrected chi connectivity index (χ0v) is 24.5. The van der Waals surface area contributed by atoms with Crippen LogP contribution in [0.25, 0.3) is 5.82 Å². The predicted molar refractivity (Wildman–Crippen MR) is 143 cm³/mol. The Kier molecular flexibility index (Phi) is 8.94. The molecule has 1 aliphatic carbocycles. The number of carbonyl (C=O) groups excluding carboxylic acids is 1. The van der Waals surface area contributed by atoms with E-state index in [1.807, 2.05) is 6.92 Å². The maximum atomic E-state index is 13.4. The molecule has 13 heteroatoms. The first-order valence-electron chi connectivity index (χ1n) is 13.0. The Hall–Kier alpha value is -3.14. The molecule has 0 saturated heterocycles. The van der Waals surface area contributed by atoms with Crippen molar-refractivity contribution in [2.24, 2.45) is 10.8 Å². The number of halogens is 3. The fraction of sp³-hybridized carbons (Fsp3) is 0.630. The van der Waals surface area contributed by atoms with Crippen molar-refractivity contribution in [2.75, 3.05) is 19.9 Å². The van der Waals surface area contributed by atoms with Crippen LogP contribution in [0.2, 0.25) is 0 Å². The molecule has 1 fully saturated rings. The van der Waals surface area contributed by atoms with Crippen LogP contribution in [-0.2, 0) is 22.7 Å². The van der Waals surface area contributed by atoms with E-state index in [-0.39, 0.29) is 24.4 Å². The molecular formula is C27H36F3N5O4S. The molecule has 220 valence electrons. The van der Waals surface area contributed by atoms with Crippen molar-refractivity contribution in [3.05, 3.63) is 35.0 Å². The summed E-state index contributed by atoms with van der Waals surface area (Å²) in [5.74, 6) is 0.544. The van der Waals surface area contributed by atoms with E-state index >= 15 is 0 Å². The molecule has 0 spiro atoms. The van der Waals surface area contributed by atoms with Crippen LogP contribution < -0.4 is 10.1 Å². The molecule has 9 nitrogen and oxygen atoms in total. The van der Waals surface area contributed by atoms with Crippen LogP contribution in [0.4, 0.5) is 13.2 Å². The number of methoxy groups -OCH3 is 1. The molecule has 1 saturated carbocycles. The lowest BCUT2D eigenvalue weighted by Gasteiger charge is -2.34. The van der Waals surface area contributed by atoms with Crippen LogP contribution in [0.5, 0.6) is 5.75 Å². The molecule has 1 aliphatic rings. The largest absolute Gasteiger partial charge is 0.493 e. The van der Waals surface area contributed by atoms with Gasteiger partial charge in [0.25, 0.3) is 5.91 Å². The standard InChI is InChI=1S/C27H36F3N5O4S/c1-7-21-34-22(24(36)33-16-26(15-31)10-8-19(9-11-26)40(6,37)38)17(2)35(21)23-20(39-5)12-18(14-32-23)13-25(3,4)27(28,29)30/h12,14,19H,7-11,13,16H2,1-6H3,(H,33,36)/t19-,26-. The third-order valence-corrected chi connectivity index (χ3v) is 9.45. The fourth-order valence-corrected chi connectivity index (χ4v) is 6.12. The number of nitriles is 1. The number of rotatable bonds is 9. The summed E-state index contributed by atoms with van der Waals surface area (Å²) in [4.78, 5) is 22.1. The molecule has 2 aromatic heterocycles. The van der Waals surface area contributed by atoms with E-state index in [2.05, 4.69) is 21.4 Å². The zero-order chi connectivity index (χ0) is 30.1. The smallest absolute Gasteiger partial charge is 0.394 e. The van der Waals surface area contributed by atoms with Crippen molar-refractivity contribution in [3.63, 3.8) is 0 Å². The van der Waals surface area contributed by atoms with Gasteiger partial charge in [0, 0.05) is 25.4 Å². The van der Waals surface area contributed by atoms with E-state index in [9.17, 15) is 31.6 Å². The van der Waals surface area contributed by atoms with Gasteiger partial charge in [-0.2, -0.15) is 18.4 Å². The third-order valence-electron chi connectivity index (χ3n) is 7.76. The van der Waals surface area contributed by atoms with Gasteiger partial charge in [-0.1, -0.05) is 20.8 Å². The van der Waals surface area contributed by atoms with Gasteiger partial charge in [0.05, 0.1) is 35.0 Å². The van der Waals surface area contributed by atoms with E-state index in [1.165, 1.54) is 25.6 Å². The summed E-state index contributed by atoms with van der Waals surface area (Å²) in [6, 6.07) is 3.79. The summed E-state index contributed by atoms with van der Waals surface area (Å²) in [5.41, 5.74) is -1.90. The van der Waals surface area contributed by atoms with Crippen LogP contribution in [0.1, 0.15) is 74.0 Å². The van der Waals surface area contributed by atoms with Crippen LogP contribution in [-0.4, -0.2) is 60.2 Å². The molecule has 40 heavy (non-hydrogen) atoms. The molecular weight excluding hydrogens is 547 g/mol. The Morgan fingerprint density at radius 1 is 1.30 bits per heavy atom. The number of hydrogen-bond donors (Lipinski definition) is 1. The van der Waals surface area contributed by atoms with E-state index < -0.39 is 38.0 Å². The van der Waals surface area contributed by atoms with Gasteiger partial charge < -0.3 is 10.1 Å². The molecule has 1 N–H and O–H groups in total. The number of nitrogens with zero attached hydrogens (tertiary/aromatic N) is 4. The molecule has 0 atom stereocenters. The Bertz CT molecular complexity index is 1400. The number of hydrogen-bond acceptors (Lipinski definition) is 7. The lowest BCUT2D eigenvalue weighted by Crippen LogP contribution is -2.41. The van der Waals surface area contributed by atoms with Crippen molar-refractivity contribution in [1.29, 1.82) is 5.26 Å². The van der Waals surface area contributed by atoms with E-state index in [4.69, 9.17) is 4.74 Å². The molecule has 0 radical (unpaired) electrons. The van der Waals surface area contributed by atoms with Crippen molar-refractivity contribution in [2.45, 2.75) is 77.6 Å². The second-order valence-electron chi connectivity index (χ2n) is 11.2. The second-order valence-corrected chi connectivity index (χ2v) is 13.5. The lowest BCUT2D eigenvalue weighted by molar-refractivity contribution is -0.211. The number of ether oxygens (including phenoxy) is 1. The summed E-state index contributed by atoms with van der Waals surface area (Å²) in [6.07, 6.45) is -0.262. The van der Waals surface area contributed by atoms with Crippen LogP contribution in [0.3, 0.4) is 0 Å². The van der Waals surface area contributed by atoms with Crippen molar-refractivity contribution >= 4 is 15.7 Å². The number of nitrogens with one attached hydrogen (secondary N) is 1. The van der Waals surface area contributed by atoms with Gasteiger partial charge >= 0.3 is 6.18 Å². The molecule has 0 unspecified atom stereocenters. The maximum absolute atomic E-state index is 13.4. The Labute approximate surface area is 233 Å². The van der Waals surface area contributed by atoms with Gasteiger partial charge in [0.1, 0.15) is 21.4 Å². The number of aryl methyl sites for hydroxylation is 1. The van der Waals surface area contributed by atoms with E-state index in [0.717, 1.165) is 13.8 Å². The Morgan fingerprint density at radius 3 is 2.42 bits per heavy atom. The topological polar surface area (TPSA) is 127 Å². The fourth-order valence-electron chi connectivity index (χ4n) is 5.03. The highest BCUT2D eigenvalue weighted by Gasteiger charge is 2.47. The Morgan fingerprint density at radius 2 is 1.93 bits per heavy atom. The normalized spacial score (nSPS) is 20.1. The summed E-state index contributed by atoms with van der Waals surface area (Å²) in [7, 11) is -1.80. The van der Waals surface area contributed by atoms with Gasteiger partial charge in [0.15, 0.2) is 11.6 Å². The molecule has 3 rings (SSSR count). The van der Waals surface area contributed by atoms with E-state index in [0.29, 0.717) is 55.0 Å². The first-order valence-corrected chi connectivity index (χ1v) is 15.0. The molecule has 0 bridgehead atoms. The maximum Gasteiger partial charge on any atom is 0.394 e. The van der Waals surface area contributed by atoms with Gasteiger partial charge in [-0.05, 0) is 50.7 Å². The highest BCUT2D eigenvalue weighted by Crippen LogP contribution is 2.41. The minimum atomic E-state index is -4.39. The lowest BCUT2D eigenvalue weighted by atomic mass is 9.75. The van der Waals surface area contributed by atoms with Gasteiger partial charge in [0.2, 0.25) is 0 Å². The summed E-state index contributed by atoms with van der Waals surface area (Å²) < 4.78 is 71.2. The zero-order valence-electron chi connectivity index (χ0n) is 23.6. The van der Waals surface area contributed by atoms with E-state index in [1.54, 1.807) is 11.5 Å². The second kappa shape index (κ2) is 11.4. The monoisotopic (exact) mass is 583 g/mol. The number of pyridine rings is 1. The Balaban J connectivity index is 1.86. The molecule has 2 heterocycles. The van der Waals surface area contributed by atoms with Crippen LogP contribution in [0, 0.1) is 29.1 Å². The number of sulfone groups is 1. The summed E-state index contributed by atoms with van der Waals surface area (Å²) >= 11 is 0. The minimum Gasteiger partial charge on any atom is -0.493 e. The van der Waals surface area contributed by atoms with Gasteiger partial charge in [-0.3, -0.25) is 9.36 Å². The number of imidazole rings is 1.